The molecule has 0 radical (unpaired) electrons. The number of aliphatic hydroxyl groups is 1. The number of carbonyl (C=O) groups excluding carboxylic acids is 1. The Bertz CT molecular complexity index is 431. The van der Waals surface area contributed by atoms with Crippen LogP contribution in [-0.4, -0.2) is 23.3 Å². The lowest BCUT2D eigenvalue weighted by Crippen LogP contribution is -2.44. The Kier molecular flexibility index (Phi) is 7.37. The summed E-state index contributed by atoms with van der Waals surface area (Å²) in [5.41, 5.74) is 0. The topological polar surface area (TPSA) is 46.5 Å². The van der Waals surface area contributed by atoms with Crippen LogP contribution in [0.4, 0.5) is 0 Å². The van der Waals surface area contributed by atoms with Crippen molar-refractivity contribution in [2.75, 3.05) is 0 Å². The van der Waals surface area contributed by atoms with Crippen molar-refractivity contribution in [3.8, 4) is 0 Å². The van der Waals surface area contributed by atoms with Crippen LogP contribution in [0.15, 0.2) is 0 Å². The summed E-state index contributed by atoms with van der Waals surface area (Å²) in [7, 11) is 0. The summed E-state index contributed by atoms with van der Waals surface area (Å²) < 4.78 is 5.93. The minimum atomic E-state index is -0.958. The second-order valence-corrected chi connectivity index (χ2v) is 9.74. The molecule has 0 heterocycles. The van der Waals surface area contributed by atoms with Gasteiger partial charge in [-0.2, -0.15) is 0 Å². The zero-order valence-electron chi connectivity index (χ0n) is 17.2. The molecule has 146 valence electrons. The van der Waals surface area contributed by atoms with Gasteiger partial charge in [0.1, 0.15) is 6.10 Å². The standard InChI is InChI=1S/C22H40O3/c1-13(2)17-9-7-15(5)11-19(17)21(23)22(24)25-20-12-16(6)8-10-18(20)14(3)4/h13-21,23H,7-12H2,1-6H3. The summed E-state index contributed by atoms with van der Waals surface area (Å²) in [6, 6.07) is 0. The fourth-order valence-electron chi connectivity index (χ4n) is 5.28. The maximum Gasteiger partial charge on any atom is 0.335 e. The van der Waals surface area contributed by atoms with Gasteiger partial charge in [0, 0.05) is 0 Å². The Morgan fingerprint density at radius 2 is 1.36 bits per heavy atom. The Labute approximate surface area is 154 Å². The fourth-order valence-corrected chi connectivity index (χ4v) is 5.28. The smallest absolute Gasteiger partial charge is 0.335 e. The highest BCUT2D eigenvalue weighted by Gasteiger charge is 2.41. The van der Waals surface area contributed by atoms with Crippen molar-refractivity contribution < 1.29 is 14.6 Å². The van der Waals surface area contributed by atoms with Crippen molar-refractivity contribution in [2.45, 2.75) is 92.3 Å². The summed E-state index contributed by atoms with van der Waals surface area (Å²) in [5, 5.41) is 10.8. The monoisotopic (exact) mass is 352 g/mol. The molecule has 2 saturated carbocycles. The average Bonchev–Trinajstić information content (AvgIpc) is 2.53. The molecule has 3 nitrogen and oxygen atoms in total. The van der Waals surface area contributed by atoms with Gasteiger partial charge in [-0.15, -0.1) is 0 Å². The summed E-state index contributed by atoms with van der Waals surface area (Å²) in [4.78, 5) is 12.8. The Morgan fingerprint density at radius 1 is 0.840 bits per heavy atom. The first-order chi connectivity index (χ1) is 11.7. The minimum absolute atomic E-state index is 0.0237. The predicted octanol–water partition coefficient (Wildman–Crippen LogP) is 5.06. The zero-order chi connectivity index (χ0) is 18.7. The third kappa shape index (κ3) is 5.21. The number of esters is 1. The summed E-state index contributed by atoms with van der Waals surface area (Å²) in [5.74, 6) is 2.73. The van der Waals surface area contributed by atoms with Crippen LogP contribution in [0.3, 0.4) is 0 Å². The molecular weight excluding hydrogens is 312 g/mol. The third-order valence-corrected chi connectivity index (χ3v) is 6.95. The van der Waals surface area contributed by atoms with Gasteiger partial charge < -0.3 is 9.84 Å². The molecule has 3 heteroatoms. The van der Waals surface area contributed by atoms with E-state index in [-0.39, 0.29) is 18.0 Å². The maximum absolute atomic E-state index is 12.8. The van der Waals surface area contributed by atoms with Crippen LogP contribution in [0, 0.1) is 41.4 Å². The van der Waals surface area contributed by atoms with E-state index < -0.39 is 6.10 Å². The minimum Gasteiger partial charge on any atom is -0.460 e. The van der Waals surface area contributed by atoms with Crippen LogP contribution < -0.4 is 0 Å². The molecule has 0 spiro atoms. The van der Waals surface area contributed by atoms with Crippen molar-refractivity contribution >= 4 is 5.97 Å². The van der Waals surface area contributed by atoms with Crippen LogP contribution in [-0.2, 0) is 9.53 Å². The molecule has 25 heavy (non-hydrogen) atoms. The van der Waals surface area contributed by atoms with E-state index in [0.717, 1.165) is 25.7 Å². The van der Waals surface area contributed by atoms with Crippen LogP contribution in [0.2, 0.25) is 0 Å². The average molecular weight is 353 g/mol. The second-order valence-electron chi connectivity index (χ2n) is 9.74. The van der Waals surface area contributed by atoms with Gasteiger partial charge >= 0.3 is 5.97 Å². The van der Waals surface area contributed by atoms with Crippen LogP contribution >= 0.6 is 0 Å². The van der Waals surface area contributed by atoms with E-state index in [9.17, 15) is 9.90 Å². The molecule has 2 aliphatic rings. The molecule has 0 aliphatic heterocycles. The third-order valence-electron chi connectivity index (χ3n) is 6.95. The molecule has 0 aromatic carbocycles. The van der Waals surface area contributed by atoms with Crippen LogP contribution in [0.1, 0.15) is 80.1 Å². The van der Waals surface area contributed by atoms with Crippen molar-refractivity contribution in [3.05, 3.63) is 0 Å². The second kappa shape index (κ2) is 8.88. The van der Waals surface area contributed by atoms with Gasteiger partial charge in [-0.05, 0) is 67.1 Å². The summed E-state index contributed by atoms with van der Waals surface area (Å²) in [6.45, 7) is 13.3. The Morgan fingerprint density at radius 3 is 1.92 bits per heavy atom. The van der Waals surface area contributed by atoms with E-state index in [1.54, 1.807) is 0 Å². The first-order valence-corrected chi connectivity index (χ1v) is 10.6. The quantitative estimate of drug-likeness (QED) is 0.704. The summed E-state index contributed by atoms with van der Waals surface area (Å²) >= 11 is 0. The highest BCUT2D eigenvalue weighted by Crippen LogP contribution is 2.41. The molecule has 0 amide bonds. The number of hydrogen-bond donors (Lipinski definition) is 1. The van der Waals surface area contributed by atoms with E-state index in [1.807, 2.05) is 0 Å². The predicted molar refractivity (Wildman–Crippen MR) is 102 cm³/mol. The molecule has 2 aliphatic carbocycles. The molecule has 0 saturated heterocycles. The summed E-state index contributed by atoms with van der Waals surface area (Å²) in [6.07, 6.45) is 5.56. The Hall–Kier alpha value is -0.570. The number of aliphatic hydroxyl groups excluding tert-OH is 1. The SMILES string of the molecule is CC1CCC(C(C)C)C(OC(=O)C(O)C2CC(C)CCC2C(C)C)C1. The normalized spacial score (nSPS) is 38.0. The van der Waals surface area contributed by atoms with Crippen LogP contribution in [0.25, 0.3) is 0 Å². The van der Waals surface area contributed by atoms with Gasteiger partial charge in [0.2, 0.25) is 0 Å². The van der Waals surface area contributed by atoms with E-state index in [2.05, 4.69) is 41.5 Å². The first-order valence-electron chi connectivity index (χ1n) is 10.6. The van der Waals surface area contributed by atoms with E-state index in [0.29, 0.717) is 35.5 Å². The maximum atomic E-state index is 12.8. The number of carbonyl (C=O) groups is 1. The largest absolute Gasteiger partial charge is 0.460 e. The molecule has 2 fully saturated rings. The molecule has 2 rings (SSSR count). The van der Waals surface area contributed by atoms with E-state index >= 15 is 0 Å². The lowest BCUT2D eigenvalue weighted by molar-refractivity contribution is -0.172. The molecular formula is C22H40O3. The number of hydrogen-bond acceptors (Lipinski definition) is 3. The van der Waals surface area contributed by atoms with Gasteiger partial charge in [-0.1, -0.05) is 54.4 Å². The lowest BCUT2D eigenvalue weighted by atomic mass is 9.68. The highest BCUT2D eigenvalue weighted by molar-refractivity contribution is 5.75. The molecule has 0 aromatic heterocycles. The highest BCUT2D eigenvalue weighted by atomic mass is 16.6. The van der Waals surface area contributed by atoms with Gasteiger partial charge in [0.15, 0.2) is 6.10 Å². The molecule has 0 bridgehead atoms. The number of rotatable bonds is 5. The van der Waals surface area contributed by atoms with E-state index in [1.165, 1.54) is 12.8 Å². The van der Waals surface area contributed by atoms with Gasteiger partial charge in [0.25, 0.3) is 0 Å². The molecule has 7 unspecified atom stereocenters. The Balaban J connectivity index is 2.04. The van der Waals surface area contributed by atoms with Crippen molar-refractivity contribution in [2.24, 2.45) is 41.4 Å². The molecule has 0 aromatic rings. The van der Waals surface area contributed by atoms with Gasteiger partial charge in [-0.25, -0.2) is 4.79 Å². The molecule has 1 N–H and O–H groups in total. The van der Waals surface area contributed by atoms with Gasteiger partial charge in [-0.3, -0.25) is 0 Å². The lowest BCUT2D eigenvalue weighted by Gasteiger charge is -2.41. The molecule has 7 atom stereocenters. The van der Waals surface area contributed by atoms with Crippen molar-refractivity contribution in [1.29, 1.82) is 0 Å². The van der Waals surface area contributed by atoms with Crippen LogP contribution in [0.5, 0.6) is 0 Å². The first kappa shape index (κ1) is 20.7. The fraction of sp³-hybridized carbons (Fsp3) is 0.955. The van der Waals surface area contributed by atoms with Crippen molar-refractivity contribution in [3.63, 3.8) is 0 Å². The number of ether oxygens (including phenoxy) is 1. The van der Waals surface area contributed by atoms with E-state index in [4.69, 9.17) is 4.74 Å². The van der Waals surface area contributed by atoms with Gasteiger partial charge in [0.05, 0.1) is 0 Å². The zero-order valence-corrected chi connectivity index (χ0v) is 17.2. The van der Waals surface area contributed by atoms with Crippen molar-refractivity contribution in [1.82, 2.24) is 0 Å².